The van der Waals surface area contributed by atoms with Gasteiger partial charge in [-0.2, -0.15) is 0 Å². The maximum absolute atomic E-state index is 10.8. The van der Waals surface area contributed by atoms with Gasteiger partial charge in [-0.05, 0) is 0 Å². The molecule has 0 spiro atoms. The van der Waals surface area contributed by atoms with Crippen LogP contribution in [0.1, 0.15) is 17.4 Å². The molecule has 3 heterocycles. The van der Waals surface area contributed by atoms with E-state index >= 15 is 0 Å². The van der Waals surface area contributed by atoms with Crippen LogP contribution in [0.15, 0.2) is 17.4 Å². The van der Waals surface area contributed by atoms with E-state index in [0.717, 1.165) is 43.7 Å². The molecule has 0 saturated carbocycles. The number of hydrogen-bond acceptors (Lipinski definition) is 7. The highest BCUT2D eigenvalue weighted by Crippen LogP contribution is 2.24. The van der Waals surface area contributed by atoms with E-state index in [1.807, 2.05) is 11.8 Å². The second-order valence-electron chi connectivity index (χ2n) is 5.09. The summed E-state index contributed by atoms with van der Waals surface area (Å²) < 4.78 is 0. The van der Waals surface area contributed by atoms with Gasteiger partial charge < -0.3 is 14.9 Å². The molecule has 1 N–H and O–H groups in total. The normalized spacial score (nSPS) is 22.3. The molecule has 1 saturated heterocycles. The molecule has 7 nitrogen and oxygen atoms in total. The Bertz CT molecular complexity index is 554. The molecule has 1 unspecified atom stereocenters. The van der Waals surface area contributed by atoms with E-state index in [1.165, 1.54) is 12.4 Å². The minimum absolute atomic E-state index is 0.0249. The van der Waals surface area contributed by atoms with E-state index in [2.05, 4.69) is 31.7 Å². The molecule has 1 aromatic rings. The zero-order valence-electron chi connectivity index (χ0n) is 11.8. The second-order valence-corrected chi connectivity index (χ2v) is 6.50. The Hall–Kier alpha value is -1.83. The number of amidine groups is 1. The van der Waals surface area contributed by atoms with Crippen LogP contribution in [0, 0.1) is 0 Å². The summed E-state index contributed by atoms with van der Waals surface area (Å²) >= 11 is 1.84. The molecule has 112 valence electrons. The maximum atomic E-state index is 10.8. The van der Waals surface area contributed by atoms with Gasteiger partial charge in [-0.15, -0.1) is 0 Å². The lowest BCUT2D eigenvalue weighted by Gasteiger charge is -2.36. The Morgan fingerprint density at radius 3 is 2.48 bits per heavy atom. The smallest absolute Gasteiger partial charge is 0.356 e. The molecule has 0 radical (unpaired) electrons. The molecule has 0 aliphatic carbocycles. The summed E-state index contributed by atoms with van der Waals surface area (Å²) in [5, 5.41) is 10.5. The largest absolute Gasteiger partial charge is 0.476 e. The number of rotatable bonds is 2. The van der Waals surface area contributed by atoms with Gasteiger partial charge in [0.15, 0.2) is 10.9 Å². The summed E-state index contributed by atoms with van der Waals surface area (Å²) in [6, 6.07) is 0. The van der Waals surface area contributed by atoms with Gasteiger partial charge in [0.25, 0.3) is 0 Å². The molecular weight excluding hydrogens is 290 g/mol. The summed E-state index contributed by atoms with van der Waals surface area (Å²) in [6.07, 6.45) is 2.84. The van der Waals surface area contributed by atoms with Crippen molar-refractivity contribution in [3.63, 3.8) is 0 Å². The summed E-state index contributed by atoms with van der Waals surface area (Å²) in [6.45, 7) is 6.59. The Balaban J connectivity index is 1.59. The van der Waals surface area contributed by atoms with Crippen molar-refractivity contribution in [3.05, 3.63) is 18.1 Å². The summed E-state index contributed by atoms with van der Waals surface area (Å²) in [7, 11) is 0. The molecule has 0 aromatic carbocycles. The number of carboxylic acids is 1. The minimum Gasteiger partial charge on any atom is -0.476 e. The van der Waals surface area contributed by atoms with E-state index in [9.17, 15) is 4.79 Å². The third-order valence-corrected chi connectivity index (χ3v) is 4.67. The number of anilines is 1. The number of aromatic nitrogens is 2. The molecule has 1 atom stereocenters. The van der Waals surface area contributed by atoms with Crippen molar-refractivity contribution in [2.45, 2.75) is 12.2 Å². The number of thioether (sulfide) groups is 1. The first kappa shape index (κ1) is 14.1. The maximum Gasteiger partial charge on any atom is 0.356 e. The Kier molecular flexibility index (Phi) is 3.96. The third-order valence-electron chi connectivity index (χ3n) is 3.52. The lowest BCUT2D eigenvalue weighted by molar-refractivity contribution is 0.0690. The van der Waals surface area contributed by atoms with Gasteiger partial charge in [0.1, 0.15) is 5.82 Å². The molecule has 1 fully saturated rings. The number of carboxylic acid groups (broad SMARTS) is 1. The summed E-state index contributed by atoms with van der Waals surface area (Å²) in [5.41, 5.74) is -0.0249. The average Bonchev–Trinajstić information content (AvgIpc) is 2.94. The molecule has 0 amide bonds. The van der Waals surface area contributed by atoms with Gasteiger partial charge in [0.05, 0.1) is 18.9 Å². The van der Waals surface area contributed by atoms with Gasteiger partial charge in [-0.25, -0.2) is 14.8 Å². The molecule has 8 heteroatoms. The molecule has 0 bridgehead atoms. The first-order chi connectivity index (χ1) is 10.1. The third kappa shape index (κ3) is 3.10. The first-order valence-electron chi connectivity index (χ1n) is 6.90. The molecule has 2 aliphatic rings. The van der Waals surface area contributed by atoms with Gasteiger partial charge in [-0.3, -0.25) is 4.99 Å². The van der Waals surface area contributed by atoms with Crippen LogP contribution in [0.4, 0.5) is 5.82 Å². The monoisotopic (exact) mass is 307 g/mol. The van der Waals surface area contributed by atoms with Gasteiger partial charge in [0, 0.05) is 31.4 Å². The quantitative estimate of drug-likeness (QED) is 0.865. The minimum atomic E-state index is -1.05. The van der Waals surface area contributed by atoms with Crippen molar-refractivity contribution >= 4 is 28.7 Å². The number of aliphatic imine (C=N–C) groups is 1. The van der Waals surface area contributed by atoms with Crippen molar-refractivity contribution in [2.75, 3.05) is 37.6 Å². The predicted octanol–water partition coefficient (Wildman–Crippen LogP) is 0.788. The lowest BCUT2D eigenvalue weighted by atomic mass is 10.3. The number of nitrogens with zero attached hydrogens (tertiary/aromatic N) is 5. The van der Waals surface area contributed by atoms with Crippen LogP contribution < -0.4 is 4.90 Å². The first-order valence-corrected chi connectivity index (χ1v) is 7.78. The Labute approximate surface area is 127 Å². The standard InChI is InChI=1S/C13H17N5O2S/c1-9-6-16-13(21-9)18-4-2-17(3-5-18)11-8-14-10(7-15-11)12(19)20/h7-9H,2-6H2,1H3,(H,19,20). The fourth-order valence-corrected chi connectivity index (χ4v) is 3.35. The SMILES string of the molecule is CC1CN=C(N2CCN(c3cnc(C(=O)O)cn3)CC2)S1. The second kappa shape index (κ2) is 5.88. The van der Waals surface area contributed by atoms with E-state index in [1.54, 1.807) is 0 Å². The fourth-order valence-electron chi connectivity index (χ4n) is 2.36. The van der Waals surface area contributed by atoms with Crippen molar-refractivity contribution < 1.29 is 9.90 Å². The average molecular weight is 307 g/mol. The van der Waals surface area contributed by atoms with Crippen molar-refractivity contribution in [2.24, 2.45) is 4.99 Å². The molecule has 2 aliphatic heterocycles. The van der Waals surface area contributed by atoms with Crippen LogP contribution in [-0.2, 0) is 0 Å². The number of aromatic carboxylic acids is 1. The van der Waals surface area contributed by atoms with Crippen LogP contribution in [0.5, 0.6) is 0 Å². The molecule has 1 aromatic heterocycles. The highest BCUT2D eigenvalue weighted by Gasteiger charge is 2.25. The molecule has 3 rings (SSSR count). The number of piperazine rings is 1. The van der Waals surface area contributed by atoms with E-state index < -0.39 is 5.97 Å². The molecular formula is C13H17N5O2S. The van der Waals surface area contributed by atoms with Crippen molar-refractivity contribution in [3.8, 4) is 0 Å². The number of carbonyl (C=O) groups is 1. The lowest BCUT2D eigenvalue weighted by Crippen LogP contribution is -2.48. The topological polar surface area (TPSA) is 81.9 Å². The highest BCUT2D eigenvalue weighted by molar-refractivity contribution is 8.14. The van der Waals surface area contributed by atoms with Crippen LogP contribution in [0.25, 0.3) is 0 Å². The van der Waals surface area contributed by atoms with Gasteiger partial charge in [0.2, 0.25) is 0 Å². The van der Waals surface area contributed by atoms with E-state index in [-0.39, 0.29) is 5.69 Å². The summed E-state index contributed by atoms with van der Waals surface area (Å²) in [5.74, 6) is -0.321. The van der Waals surface area contributed by atoms with Crippen LogP contribution in [0.3, 0.4) is 0 Å². The molecule has 21 heavy (non-hydrogen) atoms. The van der Waals surface area contributed by atoms with Gasteiger partial charge >= 0.3 is 5.97 Å². The van der Waals surface area contributed by atoms with Crippen LogP contribution in [0.2, 0.25) is 0 Å². The Morgan fingerprint density at radius 2 is 1.95 bits per heavy atom. The van der Waals surface area contributed by atoms with E-state index in [4.69, 9.17) is 5.11 Å². The zero-order chi connectivity index (χ0) is 14.8. The van der Waals surface area contributed by atoms with Gasteiger partial charge in [-0.1, -0.05) is 18.7 Å². The zero-order valence-corrected chi connectivity index (χ0v) is 12.6. The summed E-state index contributed by atoms with van der Waals surface area (Å²) in [4.78, 5) is 27.9. The Morgan fingerprint density at radius 1 is 1.24 bits per heavy atom. The highest BCUT2D eigenvalue weighted by atomic mass is 32.2. The predicted molar refractivity (Wildman–Crippen MR) is 82.1 cm³/mol. The van der Waals surface area contributed by atoms with E-state index in [0.29, 0.717) is 5.25 Å². The van der Waals surface area contributed by atoms with Crippen molar-refractivity contribution in [1.82, 2.24) is 14.9 Å². The van der Waals surface area contributed by atoms with Crippen LogP contribution >= 0.6 is 11.8 Å². The van der Waals surface area contributed by atoms with Crippen molar-refractivity contribution in [1.29, 1.82) is 0 Å². The van der Waals surface area contributed by atoms with Crippen LogP contribution in [-0.4, -0.2) is 69.1 Å². The number of hydrogen-bond donors (Lipinski definition) is 1. The fraction of sp³-hybridized carbons (Fsp3) is 0.538.